The summed E-state index contributed by atoms with van der Waals surface area (Å²) in [5.74, 6) is 2.03. The number of piperidine rings is 1. The highest BCUT2D eigenvalue weighted by Crippen LogP contribution is 2.40. The molecule has 0 aromatic rings. The van der Waals surface area contributed by atoms with Crippen LogP contribution < -0.4 is 5.32 Å². The van der Waals surface area contributed by atoms with E-state index in [0.29, 0.717) is 17.4 Å². The van der Waals surface area contributed by atoms with Gasteiger partial charge in [0.05, 0.1) is 6.10 Å². The number of aliphatic hydroxyl groups excluding tert-OH is 1. The number of rotatable bonds is 3. The van der Waals surface area contributed by atoms with E-state index in [1.165, 1.54) is 25.8 Å². The molecule has 1 heterocycles. The third-order valence-corrected chi connectivity index (χ3v) is 6.01. The first-order valence-electron chi connectivity index (χ1n) is 8.89. The van der Waals surface area contributed by atoms with Crippen LogP contribution in [0.2, 0.25) is 0 Å². The SMILES string of the molecule is CNC1CCC(C(C)(C)C)CC1CN1CCC(O)C(C)C1. The maximum Gasteiger partial charge on any atom is 0.0590 e. The van der Waals surface area contributed by atoms with Gasteiger partial charge in [0.1, 0.15) is 0 Å². The number of nitrogens with one attached hydrogen (secondary N) is 1. The van der Waals surface area contributed by atoms with E-state index in [1.54, 1.807) is 0 Å². The van der Waals surface area contributed by atoms with Gasteiger partial charge in [-0.2, -0.15) is 0 Å². The third-order valence-electron chi connectivity index (χ3n) is 6.01. The van der Waals surface area contributed by atoms with Crippen molar-refractivity contribution >= 4 is 0 Å². The molecule has 0 aromatic heterocycles. The summed E-state index contributed by atoms with van der Waals surface area (Å²) in [7, 11) is 2.12. The summed E-state index contributed by atoms with van der Waals surface area (Å²) in [6, 6.07) is 0.672. The monoisotopic (exact) mass is 296 g/mol. The van der Waals surface area contributed by atoms with Crippen molar-refractivity contribution in [2.24, 2.45) is 23.2 Å². The fourth-order valence-corrected chi connectivity index (χ4v) is 4.35. The fraction of sp³-hybridized carbons (Fsp3) is 1.00. The van der Waals surface area contributed by atoms with Crippen LogP contribution in [0, 0.1) is 23.2 Å². The average Bonchev–Trinajstić information content (AvgIpc) is 2.42. The molecule has 2 rings (SSSR count). The van der Waals surface area contributed by atoms with Gasteiger partial charge in [-0.3, -0.25) is 0 Å². The van der Waals surface area contributed by atoms with Crippen molar-refractivity contribution < 1.29 is 5.11 Å². The van der Waals surface area contributed by atoms with Crippen molar-refractivity contribution in [3.8, 4) is 0 Å². The number of hydrogen-bond donors (Lipinski definition) is 2. The van der Waals surface area contributed by atoms with Crippen molar-refractivity contribution in [3.63, 3.8) is 0 Å². The summed E-state index contributed by atoms with van der Waals surface area (Å²) in [4.78, 5) is 2.59. The molecule has 21 heavy (non-hydrogen) atoms. The van der Waals surface area contributed by atoms with Gasteiger partial charge < -0.3 is 15.3 Å². The van der Waals surface area contributed by atoms with Crippen LogP contribution in [-0.4, -0.2) is 48.8 Å². The molecule has 2 aliphatic rings. The normalized spacial score (nSPS) is 39.4. The second kappa shape index (κ2) is 6.97. The van der Waals surface area contributed by atoms with Crippen LogP contribution in [0.3, 0.4) is 0 Å². The second-order valence-electron chi connectivity index (χ2n) is 8.62. The predicted molar refractivity (Wildman–Crippen MR) is 89.4 cm³/mol. The summed E-state index contributed by atoms with van der Waals surface area (Å²) in [5.41, 5.74) is 0.433. The van der Waals surface area contributed by atoms with Gasteiger partial charge in [-0.05, 0) is 55.9 Å². The largest absolute Gasteiger partial charge is 0.393 e. The Balaban J connectivity index is 1.95. The molecule has 3 heteroatoms. The van der Waals surface area contributed by atoms with E-state index in [1.807, 2.05) is 0 Å². The van der Waals surface area contributed by atoms with E-state index < -0.39 is 0 Å². The van der Waals surface area contributed by atoms with Gasteiger partial charge in [-0.25, -0.2) is 0 Å². The van der Waals surface area contributed by atoms with Crippen LogP contribution in [0.15, 0.2) is 0 Å². The molecule has 124 valence electrons. The molecule has 5 unspecified atom stereocenters. The standard InChI is InChI=1S/C18H36N2O/c1-13-11-20(9-8-17(13)21)12-14-10-15(18(2,3)4)6-7-16(14)19-5/h13-17,19,21H,6-12H2,1-5H3. The summed E-state index contributed by atoms with van der Waals surface area (Å²) in [6.45, 7) is 12.7. The first-order chi connectivity index (χ1) is 9.81. The minimum absolute atomic E-state index is 0.0879. The number of nitrogens with zero attached hydrogens (tertiary/aromatic N) is 1. The zero-order chi connectivity index (χ0) is 15.6. The Morgan fingerprint density at radius 3 is 2.48 bits per heavy atom. The molecule has 1 aliphatic carbocycles. The van der Waals surface area contributed by atoms with Crippen molar-refractivity contribution in [1.82, 2.24) is 10.2 Å². The molecule has 3 nitrogen and oxygen atoms in total. The highest BCUT2D eigenvalue weighted by Gasteiger charge is 2.36. The molecule has 0 aromatic carbocycles. The number of hydrogen-bond acceptors (Lipinski definition) is 3. The van der Waals surface area contributed by atoms with Crippen molar-refractivity contribution in [1.29, 1.82) is 0 Å². The van der Waals surface area contributed by atoms with E-state index in [9.17, 15) is 5.11 Å². The van der Waals surface area contributed by atoms with E-state index >= 15 is 0 Å². The van der Waals surface area contributed by atoms with Crippen LogP contribution in [-0.2, 0) is 0 Å². The van der Waals surface area contributed by atoms with Crippen LogP contribution in [0.4, 0.5) is 0 Å². The molecule has 1 saturated carbocycles. The molecule has 0 bridgehead atoms. The van der Waals surface area contributed by atoms with Crippen LogP contribution >= 0.6 is 0 Å². The Labute approximate surface area is 131 Å². The zero-order valence-electron chi connectivity index (χ0n) is 14.7. The van der Waals surface area contributed by atoms with Gasteiger partial charge in [0, 0.05) is 25.7 Å². The molecule has 2 N–H and O–H groups in total. The van der Waals surface area contributed by atoms with Crippen molar-refractivity contribution in [3.05, 3.63) is 0 Å². The Morgan fingerprint density at radius 1 is 1.19 bits per heavy atom. The first kappa shape index (κ1) is 17.2. The second-order valence-corrected chi connectivity index (χ2v) is 8.62. The lowest BCUT2D eigenvalue weighted by Gasteiger charge is -2.44. The molecule has 0 amide bonds. The molecule has 1 saturated heterocycles. The van der Waals surface area contributed by atoms with Crippen LogP contribution in [0.5, 0.6) is 0 Å². The van der Waals surface area contributed by atoms with E-state index in [0.717, 1.165) is 31.3 Å². The Kier molecular flexibility index (Phi) is 5.72. The molecule has 0 radical (unpaired) electrons. The molecular weight excluding hydrogens is 260 g/mol. The van der Waals surface area contributed by atoms with Gasteiger partial charge in [-0.15, -0.1) is 0 Å². The Hall–Kier alpha value is -0.120. The molecule has 5 atom stereocenters. The maximum absolute atomic E-state index is 9.91. The lowest BCUT2D eigenvalue weighted by molar-refractivity contribution is 0.0164. The van der Waals surface area contributed by atoms with Gasteiger partial charge in [-0.1, -0.05) is 27.7 Å². The Morgan fingerprint density at radius 2 is 1.90 bits per heavy atom. The molecule has 0 spiro atoms. The van der Waals surface area contributed by atoms with Crippen LogP contribution in [0.25, 0.3) is 0 Å². The summed E-state index contributed by atoms with van der Waals surface area (Å²) in [6.07, 6.45) is 4.88. The highest BCUT2D eigenvalue weighted by molar-refractivity contribution is 4.91. The fourth-order valence-electron chi connectivity index (χ4n) is 4.35. The molecule has 2 fully saturated rings. The summed E-state index contributed by atoms with van der Waals surface area (Å²) in [5, 5.41) is 13.5. The maximum atomic E-state index is 9.91. The average molecular weight is 296 g/mol. The molecule has 1 aliphatic heterocycles. The lowest BCUT2D eigenvalue weighted by atomic mass is 9.67. The third kappa shape index (κ3) is 4.43. The highest BCUT2D eigenvalue weighted by atomic mass is 16.3. The predicted octanol–water partition coefficient (Wildman–Crippen LogP) is 2.74. The smallest absolute Gasteiger partial charge is 0.0590 e. The summed E-state index contributed by atoms with van der Waals surface area (Å²) >= 11 is 0. The van der Waals surface area contributed by atoms with Gasteiger partial charge in [0.2, 0.25) is 0 Å². The quantitative estimate of drug-likeness (QED) is 0.840. The van der Waals surface area contributed by atoms with Gasteiger partial charge in [0.15, 0.2) is 0 Å². The van der Waals surface area contributed by atoms with Gasteiger partial charge >= 0.3 is 0 Å². The lowest BCUT2D eigenvalue weighted by Crippen LogP contribution is -2.49. The summed E-state index contributed by atoms with van der Waals surface area (Å²) < 4.78 is 0. The molecular formula is C18H36N2O. The van der Waals surface area contributed by atoms with Crippen LogP contribution in [0.1, 0.15) is 53.4 Å². The van der Waals surface area contributed by atoms with E-state index in [-0.39, 0.29) is 6.10 Å². The van der Waals surface area contributed by atoms with E-state index in [4.69, 9.17) is 0 Å². The minimum atomic E-state index is -0.0879. The Bertz CT molecular complexity index is 326. The first-order valence-corrected chi connectivity index (χ1v) is 8.89. The minimum Gasteiger partial charge on any atom is -0.393 e. The topological polar surface area (TPSA) is 35.5 Å². The van der Waals surface area contributed by atoms with E-state index in [2.05, 4.69) is 45.0 Å². The zero-order valence-corrected chi connectivity index (χ0v) is 14.7. The van der Waals surface area contributed by atoms with Crippen molar-refractivity contribution in [2.45, 2.75) is 65.5 Å². The number of likely N-dealkylation sites (tertiary alicyclic amines) is 1. The van der Waals surface area contributed by atoms with Gasteiger partial charge in [0.25, 0.3) is 0 Å². The van der Waals surface area contributed by atoms with Crippen molar-refractivity contribution in [2.75, 3.05) is 26.7 Å². The number of aliphatic hydroxyl groups is 1.